The average Bonchev–Trinajstić information content (AvgIpc) is 3.02. The molecule has 0 radical (unpaired) electrons. The van der Waals surface area contributed by atoms with E-state index in [1.54, 1.807) is 12.1 Å². The molecule has 1 aromatic heterocycles. The Bertz CT molecular complexity index is 888. The van der Waals surface area contributed by atoms with Crippen molar-refractivity contribution in [3.05, 3.63) is 17.7 Å². The smallest absolute Gasteiger partial charge is 0.270 e. The number of aromatic nitrogens is 1. The van der Waals surface area contributed by atoms with E-state index >= 15 is 0 Å². The van der Waals surface area contributed by atoms with E-state index in [9.17, 15) is 13.2 Å². The first-order valence-electron chi connectivity index (χ1n) is 11.1. The number of likely N-dealkylation sites (tertiary alicyclic amines) is 1. The Morgan fingerprint density at radius 3 is 2.35 bits per heavy atom. The summed E-state index contributed by atoms with van der Waals surface area (Å²) in [5.74, 6) is 0.193. The maximum atomic E-state index is 12.7. The zero-order valence-corrected chi connectivity index (χ0v) is 19.3. The molecule has 0 atom stereocenters. The minimum absolute atomic E-state index is 0.0197. The molecule has 1 amide bonds. The largest absolute Gasteiger partial charge is 0.357 e. The molecule has 0 spiro atoms. The molecule has 10 heteroatoms. The van der Waals surface area contributed by atoms with Crippen LogP contribution in [0, 0.1) is 5.41 Å². The third-order valence-corrected chi connectivity index (χ3v) is 6.52. The molecule has 0 unspecified atom stereocenters. The van der Waals surface area contributed by atoms with Crippen molar-refractivity contribution in [2.24, 2.45) is 0 Å². The van der Waals surface area contributed by atoms with Crippen molar-refractivity contribution in [1.29, 1.82) is 5.41 Å². The number of amides is 1. The van der Waals surface area contributed by atoms with Crippen molar-refractivity contribution in [2.45, 2.75) is 51.5 Å². The summed E-state index contributed by atoms with van der Waals surface area (Å²) in [6.07, 6.45) is 7.19. The summed E-state index contributed by atoms with van der Waals surface area (Å²) in [7, 11) is -3.61. The van der Waals surface area contributed by atoms with Crippen LogP contribution in [0.1, 0.15) is 51.0 Å². The highest BCUT2D eigenvalue weighted by Crippen LogP contribution is 2.23. The second-order valence-electron chi connectivity index (χ2n) is 8.40. The normalized spacial score (nSPS) is 19.0. The van der Waals surface area contributed by atoms with Crippen LogP contribution >= 0.6 is 0 Å². The predicted molar refractivity (Wildman–Crippen MR) is 123 cm³/mol. The number of rotatable bonds is 7. The monoisotopic (exact) mass is 450 g/mol. The van der Waals surface area contributed by atoms with Crippen molar-refractivity contribution in [3.63, 3.8) is 0 Å². The van der Waals surface area contributed by atoms with Crippen LogP contribution in [0.25, 0.3) is 0 Å². The van der Waals surface area contributed by atoms with Gasteiger partial charge in [-0.2, -0.15) is 0 Å². The molecule has 2 saturated heterocycles. The molecule has 1 aromatic rings. The molecule has 2 fully saturated rings. The highest BCUT2D eigenvalue weighted by molar-refractivity contribution is 7.92. The highest BCUT2D eigenvalue weighted by atomic mass is 32.2. The lowest BCUT2D eigenvalue weighted by Gasteiger charge is -2.31. The number of hydrogen-bond donors (Lipinski definition) is 3. The van der Waals surface area contributed by atoms with Gasteiger partial charge in [0.15, 0.2) is 5.82 Å². The number of anilines is 2. The van der Waals surface area contributed by atoms with Crippen LogP contribution in [-0.4, -0.2) is 74.9 Å². The van der Waals surface area contributed by atoms with Crippen LogP contribution in [0.3, 0.4) is 0 Å². The van der Waals surface area contributed by atoms with Crippen LogP contribution < -0.4 is 14.9 Å². The van der Waals surface area contributed by atoms with E-state index < -0.39 is 15.9 Å². The van der Waals surface area contributed by atoms with E-state index in [0.29, 0.717) is 5.82 Å². The van der Waals surface area contributed by atoms with Crippen molar-refractivity contribution < 1.29 is 13.2 Å². The van der Waals surface area contributed by atoms with E-state index in [1.165, 1.54) is 12.8 Å². The summed E-state index contributed by atoms with van der Waals surface area (Å²) in [6.45, 7) is 6.67. The average molecular weight is 451 g/mol. The number of sulfonamides is 1. The molecule has 3 heterocycles. The summed E-state index contributed by atoms with van der Waals surface area (Å²) < 4.78 is 26.3. The number of carbonyl (C=O) groups is 1. The number of nitrogens with one attached hydrogen (secondary N) is 3. The van der Waals surface area contributed by atoms with Crippen LogP contribution in [0.2, 0.25) is 0 Å². The molecule has 2 aliphatic rings. The SMILES string of the molecule is CCN1CCC(NC(=O)C(=N)c2ccc(N3CCCCCC3)nc2NS(C)(=O)=O)CC1. The Labute approximate surface area is 185 Å². The fraction of sp³-hybridized carbons (Fsp3) is 0.667. The van der Waals surface area contributed by atoms with Gasteiger partial charge < -0.3 is 15.1 Å². The summed E-state index contributed by atoms with van der Waals surface area (Å²) in [6, 6.07) is 3.42. The third-order valence-electron chi connectivity index (χ3n) is 5.96. The lowest BCUT2D eigenvalue weighted by atomic mass is 10.0. The van der Waals surface area contributed by atoms with Crippen molar-refractivity contribution in [3.8, 4) is 0 Å². The van der Waals surface area contributed by atoms with Crippen LogP contribution in [-0.2, 0) is 14.8 Å². The lowest BCUT2D eigenvalue weighted by molar-refractivity contribution is -0.115. The summed E-state index contributed by atoms with van der Waals surface area (Å²) in [5.41, 5.74) is -0.0912. The Morgan fingerprint density at radius 1 is 1.13 bits per heavy atom. The second kappa shape index (κ2) is 10.4. The van der Waals surface area contributed by atoms with Gasteiger partial charge in [0.25, 0.3) is 5.91 Å². The van der Waals surface area contributed by atoms with Gasteiger partial charge in [-0.1, -0.05) is 19.8 Å². The number of piperidine rings is 1. The van der Waals surface area contributed by atoms with Gasteiger partial charge in [0.05, 0.1) is 6.26 Å². The first-order valence-corrected chi connectivity index (χ1v) is 13.0. The zero-order valence-electron chi connectivity index (χ0n) is 18.5. The van der Waals surface area contributed by atoms with Gasteiger partial charge in [0.2, 0.25) is 10.0 Å². The Hall–Kier alpha value is -2.20. The molecule has 0 aliphatic carbocycles. The molecule has 3 rings (SSSR count). The number of nitrogens with zero attached hydrogens (tertiary/aromatic N) is 3. The molecule has 9 nitrogen and oxygen atoms in total. The van der Waals surface area contributed by atoms with Crippen LogP contribution in [0.15, 0.2) is 12.1 Å². The molecular weight excluding hydrogens is 416 g/mol. The van der Waals surface area contributed by atoms with E-state index in [-0.39, 0.29) is 23.1 Å². The van der Waals surface area contributed by atoms with Crippen molar-refractivity contribution in [2.75, 3.05) is 48.6 Å². The minimum Gasteiger partial charge on any atom is -0.357 e. The molecular formula is C21H34N6O3S. The van der Waals surface area contributed by atoms with Gasteiger partial charge in [-0.3, -0.25) is 14.9 Å². The Balaban J connectivity index is 1.77. The summed E-state index contributed by atoms with van der Waals surface area (Å²) >= 11 is 0. The van der Waals surface area contributed by atoms with Gasteiger partial charge in [0, 0.05) is 37.8 Å². The Kier molecular flexibility index (Phi) is 7.88. The maximum Gasteiger partial charge on any atom is 0.270 e. The molecule has 3 N–H and O–H groups in total. The standard InChI is InChI=1S/C21H34N6O3S/c1-3-26-14-10-16(11-15-26)23-21(28)19(22)17-8-9-18(24-20(17)25-31(2,29)30)27-12-6-4-5-7-13-27/h8-9,16,22H,3-7,10-15H2,1-2H3,(H,23,28)(H,24,25). The molecule has 0 aromatic carbocycles. The molecule has 0 bridgehead atoms. The van der Waals surface area contributed by atoms with Gasteiger partial charge >= 0.3 is 0 Å². The summed E-state index contributed by atoms with van der Waals surface area (Å²) in [5, 5.41) is 11.4. The summed E-state index contributed by atoms with van der Waals surface area (Å²) in [4.78, 5) is 21.7. The van der Waals surface area contributed by atoms with Crippen molar-refractivity contribution in [1.82, 2.24) is 15.2 Å². The van der Waals surface area contributed by atoms with E-state index in [4.69, 9.17) is 5.41 Å². The fourth-order valence-electron chi connectivity index (χ4n) is 4.15. The van der Waals surface area contributed by atoms with Gasteiger partial charge in [-0.15, -0.1) is 0 Å². The number of carbonyl (C=O) groups excluding carboxylic acids is 1. The zero-order chi connectivity index (χ0) is 22.4. The third kappa shape index (κ3) is 6.64. The molecule has 31 heavy (non-hydrogen) atoms. The fourth-order valence-corrected chi connectivity index (χ4v) is 4.66. The number of pyridine rings is 1. The van der Waals surface area contributed by atoms with Crippen LogP contribution in [0.5, 0.6) is 0 Å². The molecule has 2 aliphatic heterocycles. The van der Waals surface area contributed by atoms with E-state index in [0.717, 1.165) is 64.7 Å². The lowest BCUT2D eigenvalue weighted by Crippen LogP contribution is -2.46. The quantitative estimate of drug-likeness (QED) is 0.545. The molecule has 0 saturated carbocycles. The highest BCUT2D eigenvalue weighted by Gasteiger charge is 2.25. The van der Waals surface area contributed by atoms with Gasteiger partial charge in [-0.05, 0) is 44.4 Å². The minimum atomic E-state index is -3.61. The predicted octanol–water partition coefficient (Wildman–Crippen LogP) is 1.80. The topological polar surface area (TPSA) is 118 Å². The van der Waals surface area contributed by atoms with E-state index in [2.05, 4.69) is 31.7 Å². The molecule has 172 valence electrons. The van der Waals surface area contributed by atoms with Crippen LogP contribution in [0.4, 0.5) is 11.6 Å². The maximum absolute atomic E-state index is 12.7. The Morgan fingerprint density at radius 2 is 1.77 bits per heavy atom. The van der Waals surface area contributed by atoms with E-state index in [1.807, 2.05) is 0 Å². The van der Waals surface area contributed by atoms with Gasteiger partial charge in [-0.25, -0.2) is 13.4 Å². The first kappa shape index (κ1) is 23.5. The van der Waals surface area contributed by atoms with Gasteiger partial charge in [0.1, 0.15) is 11.5 Å². The van der Waals surface area contributed by atoms with Crippen molar-refractivity contribution >= 4 is 33.3 Å². The number of hydrogen-bond acceptors (Lipinski definition) is 7. The first-order chi connectivity index (χ1) is 14.8. The second-order valence-corrected chi connectivity index (χ2v) is 10.1.